The summed E-state index contributed by atoms with van der Waals surface area (Å²) in [5.41, 5.74) is 3.11. The number of nitrogens with zero attached hydrogens (tertiary/aromatic N) is 6. The zero-order chi connectivity index (χ0) is 19.7. The number of aromatic nitrogens is 4. The first-order chi connectivity index (χ1) is 13.6. The maximum absolute atomic E-state index is 11.9. The standard InChI is InChI=1S/C19H20N6O3/c1-13-4-3-5-14(12-13)15-6-7-20-18-21-19(22-25(15)18)24-10-8-23(9-11-24)16(26)17(27)28-2/h3-7,12H,8-11H2,1-2H3. The molecule has 0 radical (unpaired) electrons. The molecular formula is C19H20N6O3. The Labute approximate surface area is 161 Å². The van der Waals surface area contributed by atoms with E-state index >= 15 is 0 Å². The van der Waals surface area contributed by atoms with Gasteiger partial charge in [0.15, 0.2) is 0 Å². The van der Waals surface area contributed by atoms with Crippen molar-refractivity contribution in [2.45, 2.75) is 6.92 Å². The average molecular weight is 380 g/mol. The average Bonchev–Trinajstić information content (AvgIpc) is 3.17. The Bertz CT molecular complexity index is 1040. The molecule has 2 aromatic heterocycles. The normalized spacial score (nSPS) is 14.4. The van der Waals surface area contributed by atoms with Crippen LogP contribution in [0.5, 0.6) is 0 Å². The quantitative estimate of drug-likeness (QED) is 0.482. The van der Waals surface area contributed by atoms with E-state index in [1.807, 2.05) is 36.1 Å². The second-order valence-corrected chi connectivity index (χ2v) is 6.59. The van der Waals surface area contributed by atoms with E-state index in [1.54, 1.807) is 10.7 Å². The number of aryl methyl sites for hydroxylation is 1. The molecule has 3 aromatic rings. The molecule has 1 aliphatic rings. The number of amides is 1. The fourth-order valence-electron chi connectivity index (χ4n) is 3.27. The van der Waals surface area contributed by atoms with Gasteiger partial charge >= 0.3 is 11.9 Å². The minimum Gasteiger partial charge on any atom is -0.462 e. The molecule has 0 atom stereocenters. The zero-order valence-electron chi connectivity index (χ0n) is 15.7. The Balaban J connectivity index is 1.57. The highest BCUT2D eigenvalue weighted by Gasteiger charge is 2.28. The maximum atomic E-state index is 11.9. The predicted octanol–water partition coefficient (Wildman–Crippen LogP) is 0.921. The minimum absolute atomic E-state index is 0.404. The summed E-state index contributed by atoms with van der Waals surface area (Å²) in [6, 6.07) is 10.1. The summed E-state index contributed by atoms with van der Waals surface area (Å²) >= 11 is 0. The molecule has 1 amide bonds. The van der Waals surface area contributed by atoms with Gasteiger partial charge in [-0.2, -0.15) is 9.50 Å². The van der Waals surface area contributed by atoms with Gasteiger partial charge in [0.05, 0.1) is 12.8 Å². The molecule has 1 fully saturated rings. The predicted molar refractivity (Wildman–Crippen MR) is 102 cm³/mol. The number of rotatable bonds is 2. The Morgan fingerprint density at radius 1 is 1.11 bits per heavy atom. The molecule has 9 nitrogen and oxygen atoms in total. The van der Waals surface area contributed by atoms with Crippen molar-refractivity contribution in [3.05, 3.63) is 42.1 Å². The molecule has 9 heteroatoms. The molecule has 1 aliphatic heterocycles. The number of anilines is 1. The number of hydrogen-bond acceptors (Lipinski definition) is 7. The van der Waals surface area contributed by atoms with Gasteiger partial charge in [0.2, 0.25) is 5.95 Å². The second-order valence-electron chi connectivity index (χ2n) is 6.59. The van der Waals surface area contributed by atoms with Crippen molar-refractivity contribution in [1.29, 1.82) is 0 Å². The molecule has 144 valence electrons. The monoisotopic (exact) mass is 380 g/mol. The molecule has 3 heterocycles. The number of piperazine rings is 1. The van der Waals surface area contributed by atoms with Crippen LogP contribution in [0.3, 0.4) is 0 Å². The Kier molecular flexibility index (Phi) is 4.64. The van der Waals surface area contributed by atoms with Gasteiger partial charge in [-0.05, 0) is 19.1 Å². The molecule has 0 spiro atoms. The van der Waals surface area contributed by atoms with Gasteiger partial charge < -0.3 is 14.5 Å². The topological polar surface area (TPSA) is 92.9 Å². The number of carbonyl (C=O) groups is 2. The fourth-order valence-corrected chi connectivity index (χ4v) is 3.27. The van der Waals surface area contributed by atoms with Gasteiger partial charge in [0, 0.05) is 37.9 Å². The Morgan fingerprint density at radius 3 is 2.61 bits per heavy atom. The summed E-state index contributed by atoms with van der Waals surface area (Å²) in [7, 11) is 1.20. The molecule has 1 saturated heterocycles. The lowest BCUT2D eigenvalue weighted by atomic mass is 10.1. The fraction of sp³-hybridized carbons (Fsp3) is 0.316. The molecule has 0 aliphatic carbocycles. The van der Waals surface area contributed by atoms with E-state index in [4.69, 9.17) is 0 Å². The number of carbonyl (C=O) groups excluding carboxylic acids is 2. The molecular weight excluding hydrogens is 360 g/mol. The van der Waals surface area contributed by atoms with Crippen molar-refractivity contribution in [3.8, 4) is 11.3 Å². The summed E-state index contributed by atoms with van der Waals surface area (Å²) < 4.78 is 6.23. The van der Waals surface area contributed by atoms with E-state index in [1.165, 1.54) is 12.0 Å². The van der Waals surface area contributed by atoms with Crippen LogP contribution in [-0.4, -0.2) is 69.6 Å². The summed E-state index contributed by atoms with van der Waals surface area (Å²) in [5, 5.41) is 4.64. The van der Waals surface area contributed by atoms with Crippen molar-refractivity contribution in [1.82, 2.24) is 24.5 Å². The van der Waals surface area contributed by atoms with Crippen LogP contribution in [0.15, 0.2) is 36.5 Å². The van der Waals surface area contributed by atoms with Crippen molar-refractivity contribution in [2.24, 2.45) is 0 Å². The minimum atomic E-state index is -0.841. The number of benzene rings is 1. The summed E-state index contributed by atoms with van der Waals surface area (Å²) in [5.74, 6) is -0.389. The van der Waals surface area contributed by atoms with Crippen LogP contribution in [0.25, 0.3) is 17.0 Å². The van der Waals surface area contributed by atoms with Crippen molar-refractivity contribution >= 4 is 23.6 Å². The van der Waals surface area contributed by atoms with Gasteiger partial charge in [-0.15, -0.1) is 5.10 Å². The van der Waals surface area contributed by atoms with Crippen LogP contribution < -0.4 is 4.90 Å². The number of methoxy groups -OCH3 is 1. The van der Waals surface area contributed by atoms with Gasteiger partial charge in [-0.25, -0.2) is 9.78 Å². The third-order valence-corrected chi connectivity index (χ3v) is 4.75. The van der Waals surface area contributed by atoms with Crippen LogP contribution >= 0.6 is 0 Å². The highest BCUT2D eigenvalue weighted by molar-refractivity contribution is 6.32. The zero-order valence-corrected chi connectivity index (χ0v) is 15.7. The van der Waals surface area contributed by atoms with Gasteiger partial charge in [-0.1, -0.05) is 23.8 Å². The third kappa shape index (κ3) is 3.26. The third-order valence-electron chi connectivity index (χ3n) is 4.75. The first-order valence-electron chi connectivity index (χ1n) is 8.98. The molecule has 4 rings (SSSR count). The summed E-state index contributed by atoms with van der Waals surface area (Å²) in [6.07, 6.45) is 1.72. The molecule has 1 aromatic carbocycles. The molecule has 28 heavy (non-hydrogen) atoms. The largest absolute Gasteiger partial charge is 0.462 e. The van der Waals surface area contributed by atoms with E-state index in [0.717, 1.165) is 16.8 Å². The van der Waals surface area contributed by atoms with E-state index in [9.17, 15) is 9.59 Å². The Hall–Kier alpha value is -3.49. The summed E-state index contributed by atoms with van der Waals surface area (Å²) in [6.45, 7) is 3.91. The summed E-state index contributed by atoms with van der Waals surface area (Å²) in [4.78, 5) is 35.7. The number of hydrogen-bond donors (Lipinski definition) is 0. The first-order valence-corrected chi connectivity index (χ1v) is 8.98. The smallest absolute Gasteiger partial charge is 0.396 e. The lowest BCUT2D eigenvalue weighted by Crippen LogP contribution is -2.51. The lowest BCUT2D eigenvalue weighted by Gasteiger charge is -2.33. The lowest BCUT2D eigenvalue weighted by molar-refractivity contribution is -0.158. The number of fused-ring (bicyclic) bond motifs is 1. The number of esters is 1. The Morgan fingerprint density at radius 2 is 1.89 bits per heavy atom. The van der Waals surface area contributed by atoms with Gasteiger partial charge in [-0.3, -0.25) is 4.79 Å². The van der Waals surface area contributed by atoms with Crippen LogP contribution in [0.2, 0.25) is 0 Å². The van der Waals surface area contributed by atoms with Crippen LogP contribution in [0.4, 0.5) is 5.95 Å². The first kappa shape index (κ1) is 17.9. The maximum Gasteiger partial charge on any atom is 0.396 e. The van der Waals surface area contributed by atoms with Gasteiger partial charge in [0.25, 0.3) is 5.78 Å². The van der Waals surface area contributed by atoms with E-state index < -0.39 is 11.9 Å². The van der Waals surface area contributed by atoms with E-state index in [0.29, 0.717) is 37.9 Å². The van der Waals surface area contributed by atoms with E-state index in [2.05, 4.69) is 25.9 Å². The second kappa shape index (κ2) is 7.26. The number of ether oxygens (including phenoxy) is 1. The molecule has 0 saturated carbocycles. The van der Waals surface area contributed by atoms with E-state index in [-0.39, 0.29) is 0 Å². The molecule has 0 N–H and O–H groups in total. The van der Waals surface area contributed by atoms with Crippen molar-refractivity contribution < 1.29 is 14.3 Å². The van der Waals surface area contributed by atoms with Crippen LogP contribution in [0.1, 0.15) is 5.56 Å². The highest BCUT2D eigenvalue weighted by Crippen LogP contribution is 2.22. The molecule has 0 bridgehead atoms. The highest BCUT2D eigenvalue weighted by atomic mass is 16.5. The van der Waals surface area contributed by atoms with Gasteiger partial charge in [0.1, 0.15) is 0 Å². The van der Waals surface area contributed by atoms with Crippen LogP contribution in [-0.2, 0) is 14.3 Å². The molecule has 0 unspecified atom stereocenters. The SMILES string of the molecule is COC(=O)C(=O)N1CCN(c2nc3nccc(-c4cccc(C)c4)n3n2)CC1. The van der Waals surface area contributed by atoms with Crippen LogP contribution in [0, 0.1) is 6.92 Å². The van der Waals surface area contributed by atoms with Crippen molar-refractivity contribution in [2.75, 3.05) is 38.2 Å². The van der Waals surface area contributed by atoms with Crippen molar-refractivity contribution in [3.63, 3.8) is 0 Å².